The molecule has 3 unspecified atom stereocenters. The molecule has 3 aliphatic rings. The van der Waals surface area contributed by atoms with Crippen molar-refractivity contribution in [3.63, 3.8) is 0 Å². The van der Waals surface area contributed by atoms with E-state index < -0.39 is 46.9 Å². The van der Waals surface area contributed by atoms with Crippen LogP contribution in [-0.2, 0) is 23.9 Å². The lowest BCUT2D eigenvalue weighted by molar-refractivity contribution is -0.212. The number of hydrogen-bond acceptors (Lipinski definition) is 7. The van der Waals surface area contributed by atoms with E-state index in [0.717, 1.165) is 5.56 Å². The molecule has 1 saturated heterocycles. The molecule has 4 rings (SSSR count). The third-order valence-electron chi connectivity index (χ3n) is 7.98. The lowest BCUT2D eigenvalue weighted by Gasteiger charge is -2.62. The first-order valence-corrected chi connectivity index (χ1v) is 10.7. The lowest BCUT2D eigenvalue weighted by atomic mass is 9.42. The molecule has 30 heavy (non-hydrogen) atoms. The maximum Gasteiger partial charge on any atom is 0.310 e. The van der Waals surface area contributed by atoms with Crippen molar-refractivity contribution < 1.29 is 33.4 Å². The van der Waals surface area contributed by atoms with Crippen LogP contribution in [0.5, 0.6) is 0 Å². The van der Waals surface area contributed by atoms with E-state index in [1.807, 2.05) is 13.8 Å². The monoisotopic (exact) mass is 418 g/mol. The van der Waals surface area contributed by atoms with Crippen molar-refractivity contribution >= 4 is 17.7 Å². The molecule has 1 aliphatic heterocycles. The Bertz CT molecular complexity index is 844. The van der Waals surface area contributed by atoms with Gasteiger partial charge in [0, 0.05) is 18.4 Å². The molecule has 0 amide bonds. The molecule has 7 heteroatoms. The van der Waals surface area contributed by atoms with Gasteiger partial charge in [0.15, 0.2) is 11.9 Å². The molecule has 0 radical (unpaired) electrons. The molecule has 0 spiro atoms. The number of hydrogen-bond donors (Lipinski definition) is 1. The summed E-state index contributed by atoms with van der Waals surface area (Å²) in [5.74, 6) is -2.10. The predicted molar refractivity (Wildman–Crippen MR) is 105 cm³/mol. The molecular weight excluding hydrogens is 388 g/mol. The number of rotatable bonds is 3. The highest BCUT2D eigenvalue weighted by Crippen LogP contribution is 2.65. The fourth-order valence-electron chi connectivity index (χ4n) is 6.74. The van der Waals surface area contributed by atoms with E-state index >= 15 is 0 Å². The lowest BCUT2D eigenvalue weighted by Crippen LogP contribution is -2.65. The molecule has 7 nitrogen and oxygen atoms in total. The number of fused-ring (bicyclic) bond motifs is 3. The van der Waals surface area contributed by atoms with E-state index in [1.165, 1.54) is 13.2 Å². The number of aliphatic hydroxyl groups is 1. The van der Waals surface area contributed by atoms with Gasteiger partial charge in [-0.2, -0.15) is 0 Å². The molecule has 164 valence electrons. The van der Waals surface area contributed by atoms with E-state index in [-0.39, 0.29) is 17.7 Å². The van der Waals surface area contributed by atoms with Gasteiger partial charge in [0.05, 0.1) is 24.5 Å². The van der Waals surface area contributed by atoms with E-state index in [0.29, 0.717) is 25.7 Å². The van der Waals surface area contributed by atoms with Crippen molar-refractivity contribution in [2.45, 2.75) is 71.7 Å². The fraction of sp³-hybridized carbons (Fsp3) is 0.696. The normalized spacial score (nSPS) is 42.0. The first-order valence-electron chi connectivity index (χ1n) is 10.7. The second-order valence-electron chi connectivity index (χ2n) is 9.81. The zero-order valence-electron chi connectivity index (χ0n) is 17.9. The van der Waals surface area contributed by atoms with E-state index in [1.54, 1.807) is 19.3 Å². The van der Waals surface area contributed by atoms with Crippen molar-refractivity contribution in [2.24, 2.45) is 28.6 Å². The zero-order chi connectivity index (χ0) is 21.8. The Morgan fingerprint density at radius 2 is 2.03 bits per heavy atom. The Kier molecular flexibility index (Phi) is 5.08. The summed E-state index contributed by atoms with van der Waals surface area (Å²) in [6.45, 7) is 7.05. The molecule has 2 aliphatic carbocycles. The summed E-state index contributed by atoms with van der Waals surface area (Å²) in [6, 6.07) is 1.77. The molecule has 2 heterocycles. The summed E-state index contributed by atoms with van der Waals surface area (Å²) in [5, 5.41) is 10.6. The van der Waals surface area contributed by atoms with Gasteiger partial charge < -0.3 is 19.0 Å². The van der Waals surface area contributed by atoms with Gasteiger partial charge in [0.1, 0.15) is 6.10 Å². The van der Waals surface area contributed by atoms with Crippen LogP contribution in [0.25, 0.3) is 0 Å². The standard InChI is InChI=1S/C23H30O7/c1-12(24)16-9-17(29-13(2)25)19(26)20-22(16,3)7-5-15-21(27)30-18(10-23(15,20)4)14-6-8-28-11-14/h6,8,11-12,15-18,20,24H,5,7,9-10H2,1-4H3/t12?,15?,16-,17-,18-,20?,22-,23-/m0/s1. The molecule has 2 saturated carbocycles. The van der Waals surface area contributed by atoms with Crippen LogP contribution in [0.1, 0.15) is 65.0 Å². The third kappa shape index (κ3) is 3.09. The minimum Gasteiger partial charge on any atom is -0.472 e. The van der Waals surface area contributed by atoms with E-state index in [4.69, 9.17) is 13.9 Å². The smallest absolute Gasteiger partial charge is 0.310 e. The van der Waals surface area contributed by atoms with Crippen molar-refractivity contribution in [3.8, 4) is 0 Å². The second-order valence-corrected chi connectivity index (χ2v) is 9.81. The van der Waals surface area contributed by atoms with Gasteiger partial charge in [-0.3, -0.25) is 14.4 Å². The predicted octanol–water partition coefficient (Wildman–Crippen LogP) is 3.21. The van der Waals surface area contributed by atoms with Gasteiger partial charge in [0.25, 0.3) is 0 Å². The Morgan fingerprint density at radius 1 is 1.30 bits per heavy atom. The van der Waals surface area contributed by atoms with Crippen LogP contribution in [-0.4, -0.2) is 35.0 Å². The molecular formula is C23H30O7. The maximum absolute atomic E-state index is 13.7. The van der Waals surface area contributed by atoms with Crippen molar-refractivity contribution in [3.05, 3.63) is 24.2 Å². The first kappa shape index (κ1) is 21.1. The maximum atomic E-state index is 13.7. The minimum atomic E-state index is -0.902. The van der Waals surface area contributed by atoms with Gasteiger partial charge in [-0.15, -0.1) is 0 Å². The van der Waals surface area contributed by atoms with Crippen molar-refractivity contribution in [2.75, 3.05) is 0 Å². The second kappa shape index (κ2) is 7.22. The molecule has 1 aromatic heterocycles. The number of ether oxygens (including phenoxy) is 2. The SMILES string of the molecule is CC(=O)O[C@H]1C[C@@H](C(C)O)[C@]2(C)CCC3C(=O)O[C@H](c4ccoc4)C[C@]3(C)C2C1=O. The molecule has 8 atom stereocenters. The van der Waals surface area contributed by atoms with Crippen molar-refractivity contribution in [1.29, 1.82) is 0 Å². The van der Waals surface area contributed by atoms with Crippen LogP contribution in [0.3, 0.4) is 0 Å². The zero-order valence-corrected chi connectivity index (χ0v) is 17.9. The van der Waals surface area contributed by atoms with E-state index in [2.05, 4.69) is 0 Å². The van der Waals surface area contributed by atoms with Gasteiger partial charge in [-0.25, -0.2) is 0 Å². The first-order chi connectivity index (χ1) is 14.1. The quantitative estimate of drug-likeness (QED) is 0.752. The summed E-state index contributed by atoms with van der Waals surface area (Å²) in [4.78, 5) is 38.4. The number of carbonyl (C=O) groups is 3. The Balaban J connectivity index is 1.78. The van der Waals surface area contributed by atoms with Gasteiger partial charge in [-0.1, -0.05) is 13.8 Å². The van der Waals surface area contributed by atoms with Crippen LogP contribution >= 0.6 is 0 Å². The third-order valence-corrected chi connectivity index (χ3v) is 7.98. The minimum absolute atomic E-state index is 0.141. The molecule has 1 N–H and O–H groups in total. The highest BCUT2D eigenvalue weighted by Gasteiger charge is 2.67. The number of carbonyl (C=O) groups excluding carboxylic acids is 3. The Morgan fingerprint density at radius 3 is 2.63 bits per heavy atom. The number of esters is 2. The van der Waals surface area contributed by atoms with Gasteiger partial charge in [-0.05, 0) is 55.4 Å². The summed E-state index contributed by atoms with van der Waals surface area (Å²) >= 11 is 0. The summed E-state index contributed by atoms with van der Waals surface area (Å²) < 4.78 is 16.3. The van der Waals surface area contributed by atoms with Crippen molar-refractivity contribution in [1.82, 2.24) is 0 Å². The van der Waals surface area contributed by atoms with Crippen LogP contribution in [0.2, 0.25) is 0 Å². The number of cyclic esters (lactones) is 1. The topological polar surface area (TPSA) is 103 Å². The van der Waals surface area contributed by atoms with E-state index in [9.17, 15) is 19.5 Å². The molecule has 3 fully saturated rings. The summed E-state index contributed by atoms with van der Waals surface area (Å²) in [5.41, 5.74) is -0.402. The Hall–Kier alpha value is -2.15. The summed E-state index contributed by atoms with van der Waals surface area (Å²) in [6.07, 6.45) is 3.07. The molecule has 1 aromatic rings. The highest BCUT2D eigenvalue weighted by molar-refractivity contribution is 5.91. The van der Waals surface area contributed by atoms with Crippen LogP contribution in [0.4, 0.5) is 0 Å². The molecule has 0 aromatic carbocycles. The summed E-state index contributed by atoms with van der Waals surface area (Å²) in [7, 11) is 0. The average Bonchev–Trinajstić information content (AvgIpc) is 3.17. The average molecular weight is 418 g/mol. The number of furan rings is 1. The number of aliphatic hydroxyl groups excluding tert-OH is 1. The number of Topliss-reactive ketones (excluding diaryl/α,β-unsaturated/α-hetero) is 1. The van der Waals surface area contributed by atoms with Gasteiger partial charge >= 0.3 is 11.9 Å². The van der Waals surface area contributed by atoms with Crippen LogP contribution in [0, 0.1) is 28.6 Å². The largest absolute Gasteiger partial charge is 0.472 e. The number of ketones is 1. The van der Waals surface area contributed by atoms with Gasteiger partial charge in [0.2, 0.25) is 0 Å². The molecule has 0 bridgehead atoms. The highest BCUT2D eigenvalue weighted by atomic mass is 16.6. The Labute approximate surface area is 176 Å². The van der Waals surface area contributed by atoms with Crippen LogP contribution in [0.15, 0.2) is 23.0 Å². The van der Waals surface area contributed by atoms with Crippen LogP contribution < -0.4 is 0 Å². The fourth-order valence-corrected chi connectivity index (χ4v) is 6.74.